The van der Waals surface area contributed by atoms with Gasteiger partial charge in [-0.2, -0.15) is 0 Å². The highest BCUT2D eigenvalue weighted by molar-refractivity contribution is 5.73. The number of hydrogen-bond acceptors (Lipinski definition) is 3. The molecule has 102 valence electrons. The molecule has 1 N–H and O–H groups in total. The number of nitrogens with zero attached hydrogens (tertiary/aromatic N) is 2. The Balaban J connectivity index is 1.91. The number of rotatable bonds is 3. The molecule has 1 aromatic heterocycles. The summed E-state index contributed by atoms with van der Waals surface area (Å²) in [5, 5.41) is 9.31. The Labute approximate surface area is 117 Å². The standard InChI is InChI=1S/C16H16N2O2/c19-16(20)13-9-12-5-1-2-7-15(12)18(10-13)11-14-6-3-4-8-17-14/h1-8,13H,9-11H2,(H,19,20). The monoisotopic (exact) mass is 268 g/mol. The van der Waals surface area contributed by atoms with Crippen LogP contribution < -0.4 is 4.90 Å². The zero-order valence-corrected chi connectivity index (χ0v) is 11.1. The van der Waals surface area contributed by atoms with Crippen LogP contribution in [0.5, 0.6) is 0 Å². The molecule has 4 heteroatoms. The van der Waals surface area contributed by atoms with Gasteiger partial charge in [0.2, 0.25) is 0 Å². The average Bonchev–Trinajstić information content (AvgIpc) is 2.48. The number of anilines is 1. The molecule has 4 nitrogen and oxygen atoms in total. The minimum absolute atomic E-state index is 0.353. The van der Waals surface area contributed by atoms with Crippen LogP contribution in [0.3, 0.4) is 0 Å². The van der Waals surface area contributed by atoms with E-state index in [0.717, 1.165) is 16.9 Å². The van der Waals surface area contributed by atoms with Gasteiger partial charge in [-0.3, -0.25) is 9.78 Å². The summed E-state index contributed by atoms with van der Waals surface area (Å²) in [6, 6.07) is 13.8. The SMILES string of the molecule is O=C(O)C1Cc2ccccc2N(Cc2ccccn2)C1. The molecule has 0 fully saturated rings. The molecule has 2 heterocycles. The van der Waals surface area contributed by atoms with Gasteiger partial charge in [-0.15, -0.1) is 0 Å². The first-order valence-electron chi connectivity index (χ1n) is 6.69. The lowest BCUT2D eigenvalue weighted by Crippen LogP contribution is -2.38. The maximum Gasteiger partial charge on any atom is 0.308 e. The zero-order chi connectivity index (χ0) is 13.9. The fraction of sp³-hybridized carbons (Fsp3) is 0.250. The third-order valence-electron chi connectivity index (χ3n) is 3.67. The van der Waals surface area contributed by atoms with Crippen LogP contribution in [0.4, 0.5) is 5.69 Å². The van der Waals surface area contributed by atoms with Gasteiger partial charge in [-0.1, -0.05) is 24.3 Å². The molecule has 0 radical (unpaired) electrons. The molecule has 0 amide bonds. The van der Waals surface area contributed by atoms with Crippen LogP contribution >= 0.6 is 0 Å². The van der Waals surface area contributed by atoms with Gasteiger partial charge in [0, 0.05) is 18.4 Å². The van der Waals surface area contributed by atoms with Gasteiger partial charge >= 0.3 is 5.97 Å². The fourth-order valence-corrected chi connectivity index (χ4v) is 2.69. The molecule has 0 saturated heterocycles. The number of pyridine rings is 1. The summed E-state index contributed by atoms with van der Waals surface area (Å²) in [5.41, 5.74) is 3.17. The highest BCUT2D eigenvalue weighted by Crippen LogP contribution is 2.30. The van der Waals surface area contributed by atoms with Crippen molar-refractivity contribution in [2.45, 2.75) is 13.0 Å². The van der Waals surface area contributed by atoms with E-state index in [0.29, 0.717) is 19.5 Å². The van der Waals surface area contributed by atoms with Crippen molar-refractivity contribution in [2.75, 3.05) is 11.4 Å². The molecule has 0 aliphatic carbocycles. The van der Waals surface area contributed by atoms with Gasteiger partial charge in [0.25, 0.3) is 0 Å². The summed E-state index contributed by atoms with van der Waals surface area (Å²) in [6.45, 7) is 1.17. The van der Waals surface area contributed by atoms with Crippen LogP contribution in [0.2, 0.25) is 0 Å². The molecule has 1 aliphatic heterocycles. The van der Waals surface area contributed by atoms with Crippen molar-refractivity contribution in [3.05, 3.63) is 59.9 Å². The van der Waals surface area contributed by atoms with Gasteiger partial charge in [0.05, 0.1) is 18.2 Å². The zero-order valence-electron chi connectivity index (χ0n) is 11.1. The van der Waals surface area contributed by atoms with Crippen molar-refractivity contribution >= 4 is 11.7 Å². The number of benzene rings is 1. The highest BCUT2D eigenvalue weighted by Gasteiger charge is 2.28. The van der Waals surface area contributed by atoms with Crippen molar-refractivity contribution in [1.82, 2.24) is 4.98 Å². The number of para-hydroxylation sites is 1. The number of hydrogen-bond donors (Lipinski definition) is 1. The van der Waals surface area contributed by atoms with Crippen molar-refractivity contribution in [2.24, 2.45) is 5.92 Å². The maximum absolute atomic E-state index is 11.3. The van der Waals surface area contributed by atoms with E-state index in [1.165, 1.54) is 0 Å². The lowest BCUT2D eigenvalue weighted by atomic mass is 9.92. The van der Waals surface area contributed by atoms with Crippen molar-refractivity contribution in [1.29, 1.82) is 0 Å². The van der Waals surface area contributed by atoms with Gasteiger partial charge in [0.1, 0.15) is 0 Å². The molecule has 0 bridgehead atoms. The topological polar surface area (TPSA) is 53.4 Å². The molecule has 1 aromatic carbocycles. The number of aromatic nitrogens is 1. The van der Waals surface area contributed by atoms with E-state index in [4.69, 9.17) is 0 Å². The van der Waals surface area contributed by atoms with E-state index in [1.807, 2.05) is 36.4 Å². The third kappa shape index (κ3) is 2.50. The minimum atomic E-state index is -0.731. The van der Waals surface area contributed by atoms with Gasteiger partial charge in [-0.25, -0.2) is 0 Å². The smallest absolute Gasteiger partial charge is 0.308 e. The van der Waals surface area contributed by atoms with Crippen LogP contribution in [0.1, 0.15) is 11.3 Å². The Bertz CT molecular complexity index is 613. The molecule has 1 atom stereocenters. The Kier molecular flexibility index (Phi) is 3.37. The van der Waals surface area contributed by atoms with Crippen LogP contribution in [0.25, 0.3) is 0 Å². The largest absolute Gasteiger partial charge is 0.481 e. The number of fused-ring (bicyclic) bond motifs is 1. The second-order valence-corrected chi connectivity index (χ2v) is 5.07. The van der Waals surface area contributed by atoms with Crippen LogP contribution in [-0.4, -0.2) is 22.6 Å². The Morgan fingerprint density at radius 1 is 1.25 bits per heavy atom. The predicted octanol–water partition coefficient (Wildman–Crippen LogP) is 2.35. The summed E-state index contributed by atoms with van der Waals surface area (Å²) in [5.74, 6) is -1.08. The minimum Gasteiger partial charge on any atom is -0.481 e. The van der Waals surface area contributed by atoms with E-state index in [9.17, 15) is 9.90 Å². The number of carboxylic acids is 1. The second kappa shape index (κ2) is 5.33. The number of carbonyl (C=O) groups is 1. The maximum atomic E-state index is 11.3. The third-order valence-corrected chi connectivity index (χ3v) is 3.67. The molecule has 0 saturated carbocycles. The van der Waals surface area contributed by atoms with Crippen LogP contribution in [0.15, 0.2) is 48.7 Å². The summed E-state index contributed by atoms with van der Waals surface area (Å²) >= 11 is 0. The summed E-state index contributed by atoms with van der Waals surface area (Å²) in [4.78, 5) is 17.8. The van der Waals surface area contributed by atoms with Crippen LogP contribution in [0, 0.1) is 5.92 Å². The lowest BCUT2D eigenvalue weighted by molar-refractivity contribution is -0.141. The van der Waals surface area contributed by atoms with Gasteiger partial charge in [0.15, 0.2) is 0 Å². The van der Waals surface area contributed by atoms with Gasteiger partial charge in [-0.05, 0) is 30.2 Å². The molecule has 2 aromatic rings. The Morgan fingerprint density at radius 3 is 2.80 bits per heavy atom. The van der Waals surface area contributed by atoms with Crippen molar-refractivity contribution in [3.63, 3.8) is 0 Å². The summed E-state index contributed by atoms with van der Waals surface area (Å²) < 4.78 is 0. The average molecular weight is 268 g/mol. The van der Waals surface area contributed by atoms with E-state index >= 15 is 0 Å². The van der Waals surface area contributed by atoms with E-state index in [-0.39, 0.29) is 5.92 Å². The fourth-order valence-electron chi connectivity index (χ4n) is 2.69. The lowest BCUT2D eigenvalue weighted by Gasteiger charge is -2.34. The Hall–Kier alpha value is -2.36. The summed E-state index contributed by atoms with van der Waals surface area (Å²) in [7, 11) is 0. The Morgan fingerprint density at radius 2 is 2.05 bits per heavy atom. The molecule has 0 spiro atoms. The summed E-state index contributed by atoms with van der Waals surface area (Å²) in [6.07, 6.45) is 2.37. The first-order chi connectivity index (χ1) is 9.74. The second-order valence-electron chi connectivity index (χ2n) is 5.07. The molecular weight excluding hydrogens is 252 g/mol. The van der Waals surface area contributed by atoms with Gasteiger partial charge < -0.3 is 10.0 Å². The van der Waals surface area contributed by atoms with E-state index < -0.39 is 5.97 Å². The van der Waals surface area contributed by atoms with Crippen molar-refractivity contribution < 1.29 is 9.90 Å². The highest BCUT2D eigenvalue weighted by atomic mass is 16.4. The number of carboxylic acid groups (broad SMARTS) is 1. The quantitative estimate of drug-likeness (QED) is 0.928. The van der Waals surface area contributed by atoms with Crippen molar-refractivity contribution in [3.8, 4) is 0 Å². The molecule has 3 rings (SSSR count). The first kappa shape index (κ1) is 12.7. The normalized spacial score (nSPS) is 17.6. The number of aliphatic carboxylic acids is 1. The predicted molar refractivity (Wildman–Crippen MR) is 76.6 cm³/mol. The molecule has 1 unspecified atom stereocenters. The van der Waals surface area contributed by atoms with Crippen LogP contribution in [-0.2, 0) is 17.8 Å². The van der Waals surface area contributed by atoms with E-state index in [2.05, 4.69) is 16.0 Å². The molecular formula is C16H16N2O2. The van der Waals surface area contributed by atoms with E-state index in [1.54, 1.807) is 6.20 Å². The molecule has 1 aliphatic rings. The molecule has 20 heavy (non-hydrogen) atoms. The first-order valence-corrected chi connectivity index (χ1v) is 6.69.